The summed E-state index contributed by atoms with van der Waals surface area (Å²) in [6.07, 6.45) is 4.18. The Bertz CT molecular complexity index is 199. The van der Waals surface area contributed by atoms with E-state index in [1.165, 1.54) is 6.92 Å². The molecule has 1 unspecified atom stereocenters. The molecule has 0 aromatic rings. The minimum atomic E-state index is 0.0361. The van der Waals surface area contributed by atoms with Gasteiger partial charge in [-0.3, -0.25) is 4.79 Å². The van der Waals surface area contributed by atoms with Crippen LogP contribution in [0.15, 0.2) is 5.16 Å². The van der Waals surface area contributed by atoms with Gasteiger partial charge in [0.05, 0.1) is 0 Å². The highest BCUT2D eigenvalue weighted by atomic mass is 16.6. The van der Waals surface area contributed by atoms with Crippen LogP contribution in [0.3, 0.4) is 0 Å². The number of hydrogen-bond donors (Lipinski definition) is 0. The van der Waals surface area contributed by atoms with Gasteiger partial charge in [0.25, 0.3) is 0 Å². The highest BCUT2D eigenvalue weighted by Crippen LogP contribution is 2.16. The molecule has 0 bridgehead atoms. The number of ketones is 1. The van der Waals surface area contributed by atoms with Crippen LogP contribution in [0.5, 0.6) is 0 Å². The summed E-state index contributed by atoms with van der Waals surface area (Å²) in [7, 11) is 0. The van der Waals surface area contributed by atoms with E-state index < -0.39 is 0 Å². The van der Waals surface area contributed by atoms with E-state index >= 15 is 0 Å². The zero-order valence-corrected chi connectivity index (χ0v) is 7.67. The summed E-state index contributed by atoms with van der Waals surface area (Å²) in [5, 5.41) is 3.74. The fourth-order valence-corrected chi connectivity index (χ4v) is 1.22. The first kappa shape index (κ1) is 9.23. The minimum Gasteiger partial charge on any atom is -0.392 e. The van der Waals surface area contributed by atoms with Crippen LogP contribution >= 0.6 is 0 Å². The largest absolute Gasteiger partial charge is 0.392 e. The van der Waals surface area contributed by atoms with Crippen molar-refractivity contribution in [3.63, 3.8) is 0 Å². The third-order valence-corrected chi connectivity index (χ3v) is 2.02. The highest BCUT2D eigenvalue weighted by molar-refractivity contribution is 6.39. The van der Waals surface area contributed by atoms with Gasteiger partial charge in [0.2, 0.25) is 0 Å². The van der Waals surface area contributed by atoms with E-state index in [9.17, 15) is 4.79 Å². The first-order valence-corrected chi connectivity index (χ1v) is 4.47. The lowest BCUT2D eigenvalue weighted by Gasteiger charge is -2.05. The van der Waals surface area contributed by atoms with Gasteiger partial charge >= 0.3 is 0 Å². The molecule has 3 nitrogen and oxygen atoms in total. The first-order chi connectivity index (χ1) is 5.74. The summed E-state index contributed by atoms with van der Waals surface area (Å²) in [4.78, 5) is 16.0. The van der Waals surface area contributed by atoms with Gasteiger partial charge in [0.15, 0.2) is 5.78 Å². The van der Waals surface area contributed by atoms with Crippen LogP contribution in [0.2, 0.25) is 0 Å². The molecule has 0 aromatic heterocycles. The summed E-state index contributed by atoms with van der Waals surface area (Å²) >= 11 is 0. The highest BCUT2D eigenvalue weighted by Gasteiger charge is 2.22. The van der Waals surface area contributed by atoms with E-state index in [1.807, 2.05) is 0 Å². The number of nitrogens with zero attached hydrogens (tertiary/aromatic N) is 1. The Labute approximate surface area is 72.8 Å². The molecular weight excluding hydrogens is 154 g/mol. The van der Waals surface area contributed by atoms with E-state index in [2.05, 4.69) is 12.1 Å². The third-order valence-electron chi connectivity index (χ3n) is 2.02. The zero-order valence-electron chi connectivity index (χ0n) is 7.67. The van der Waals surface area contributed by atoms with Crippen LogP contribution in [-0.4, -0.2) is 17.6 Å². The van der Waals surface area contributed by atoms with Gasteiger partial charge < -0.3 is 4.84 Å². The number of carbonyl (C=O) groups is 1. The van der Waals surface area contributed by atoms with Crippen molar-refractivity contribution in [3.8, 4) is 0 Å². The number of Topliss-reactive ketones (excluding diaryl/α,β-unsaturated/α-hetero) is 1. The van der Waals surface area contributed by atoms with E-state index in [0.29, 0.717) is 12.1 Å². The Balaban J connectivity index is 2.27. The number of oxime groups is 1. The second-order valence-electron chi connectivity index (χ2n) is 3.17. The predicted molar refractivity (Wildman–Crippen MR) is 47.1 cm³/mol. The lowest BCUT2D eigenvalue weighted by Crippen LogP contribution is -2.12. The molecule has 1 aliphatic heterocycles. The predicted octanol–water partition coefficient (Wildman–Crippen LogP) is 1.91. The van der Waals surface area contributed by atoms with Crippen molar-refractivity contribution < 1.29 is 9.63 Å². The van der Waals surface area contributed by atoms with Crippen molar-refractivity contribution in [1.29, 1.82) is 0 Å². The maximum atomic E-state index is 10.9. The van der Waals surface area contributed by atoms with Crippen LogP contribution in [0.25, 0.3) is 0 Å². The molecule has 1 rings (SSSR count). The van der Waals surface area contributed by atoms with E-state index in [4.69, 9.17) is 4.84 Å². The lowest BCUT2D eigenvalue weighted by atomic mass is 10.1. The maximum absolute atomic E-state index is 10.9. The molecule has 1 aliphatic rings. The smallest absolute Gasteiger partial charge is 0.177 e. The monoisotopic (exact) mass is 169 g/mol. The number of hydrogen-bond acceptors (Lipinski definition) is 3. The molecule has 0 spiro atoms. The fourth-order valence-electron chi connectivity index (χ4n) is 1.22. The molecule has 3 heteroatoms. The molecule has 0 fully saturated rings. The molecule has 0 aromatic carbocycles. The van der Waals surface area contributed by atoms with Crippen molar-refractivity contribution in [1.82, 2.24) is 0 Å². The molecule has 12 heavy (non-hydrogen) atoms. The molecular formula is C9H15NO2. The quantitative estimate of drug-likeness (QED) is 0.644. The average molecular weight is 169 g/mol. The molecule has 0 aliphatic carbocycles. The van der Waals surface area contributed by atoms with Gasteiger partial charge in [0.1, 0.15) is 11.8 Å². The van der Waals surface area contributed by atoms with Crippen LogP contribution in [0.1, 0.15) is 39.5 Å². The molecule has 1 atom stereocenters. The van der Waals surface area contributed by atoms with Gasteiger partial charge in [-0.15, -0.1) is 0 Å². The van der Waals surface area contributed by atoms with Gasteiger partial charge in [-0.05, 0) is 12.8 Å². The van der Waals surface area contributed by atoms with Gasteiger partial charge in [-0.1, -0.05) is 18.5 Å². The lowest BCUT2D eigenvalue weighted by molar-refractivity contribution is -0.111. The summed E-state index contributed by atoms with van der Waals surface area (Å²) < 4.78 is 0. The Morgan fingerprint density at radius 2 is 2.50 bits per heavy atom. The SMILES string of the molecule is CCCCC1CC(C(C)=O)=NO1. The maximum Gasteiger partial charge on any atom is 0.177 e. The van der Waals surface area contributed by atoms with Crippen LogP contribution < -0.4 is 0 Å². The number of unbranched alkanes of at least 4 members (excludes halogenated alkanes) is 1. The normalized spacial score (nSPS) is 21.8. The summed E-state index contributed by atoms with van der Waals surface area (Å²) in [5.41, 5.74) is 0.594. The van der Waals surface area contributed by atoms with Crippen molar-refractivity contribution in [2.24, 2.45) is 5.16 Å². The van der Waals surface area contributed by atoms with E-state index in [-0.39, 0.29) is 11.9 Å². The van der Waals surface area contributed by atoms with Crippen LogP contribution in [0.4, 0.5) is 0 Å². The van der Waals surface area contributed by atoms with Gasteiger partial charge in [-0.25, -0.2) is 0 Å². The van der Waals surface area contributed by atoms with Crippen molar-refractivity contribution in [2.45, 2.75) is 45.6 Å². The number of carbonyl (C=O) groups excluding carboxylic acids is 1. The van der Waals surface area contributed by atoms with Crippen LogP contribution in [0, 0.1) is 0 Å². The second kappa shape index (κ2) is 4.24. The van der Waals surface area contributed by atoms with E-state index in [1.54, 1.807) is 0 Å². The Morgan fingerprint density at radius 1 is 1.75 bits per heavy atom. The van der Waals surface area contributed by atoms with Gasteiger partial charge in [-0.2, -0.15) is 0 Å². The average Bonchev–Trinajstić information content (AvgIpc) is 2.48. The standard InChI is InChI=1S/C9H15NO2/c1-3-4-5-8-6-9(7(2)11)10-12-8/h8H,3-6H2,1-2H3. The van der Waals surface area contributed by atoms with Crippen LogP contribution in [-0.2, 0) is 9.63 Å². The Morgan fingerprint density at radius 3 is 3.00 bits per heavy atom. The molecule has 0 radical (unpaired) electrons. The number of rotatable bonds is 4. The third kappa shape index (κ3) is 2.32. The first-order valence-electron chi connectivity index (χ1n) is 4.47. The molecule has 0 saturated heterocycles. The zero-order chi connectivity index (χ0) is 8.97. The second-order valence-corrected chi connectivity index (χ2v) is 3.17. The summed E-state index contributed by atoms with van der Waals surface area (Å²) in [6, 6.07) is 0. The summed E-state index contributed by atoms with van der Waals surface area (Å²) in [6.45, 7) is 3.67. The fraction of sp³-hybridized carbons (Fsp3) is 0.778. The van der Waals surface area contributed by atoms with Gasteiger partial charge in [0, 0.05) is 13.3 Å². The molecule has 0 amide bonds. The van der Waals surface area contributed by atoms with Crippen molar-refractivity contribution >= 4 is 11.5 Å². The van der Waals surface area contributed by atoms with Crippen molar-refractivity contribution in [3.05, 3.63) is 0 Å². The molecule has 0 N–H and O–H groups in total. The molecule has 0 saturated carbocycles. The summed E-state index contributed by atoms with van der Waals surface area (Å²) in [5.74, 6) is 0.0361. The minimum absolute atomic E-state index is 0.0361. The Hall–Kier alpha value is -0.860. The molecule has 68 valence electrons. The Kier molecular flexibility index (Phi) is 3.26. The molecule has 1 heterocycles. The van der Waals surface area contributed by atoms with E-state index in [0.717, 1.165) is 19.3 Å². The topological polar surface area (TPSA) is 38.7 Å². The van der Waals surface area contributed by atoms with Crippen molar-refractivity contribution in [2.75, 3.05) is 0 Å².